The molecule has 13 heteroatoms. The van der Waals surface area contributed by atoms with Crippen molar-refractivity contribution in [3.8, 4) is 0 Å². The fourth-order valence-electron chi connectivity index (χ4n) is 2.57. The molecule has 0 aromatic carbocycles. The summed E-state index contributed by atoms with van der Waals surface area (Å²) in [6.45, 7) is 0. The number of nitrogens with two attached hydrogens (primary N) is 1. The maximum atomic E-state index is 12.5. The summed E-state index contributed by atoms with van der Waals surface area (Å²) in [5, 5.41) is 15.9. The quantitative estimate of drug-likeness (QED) is 0.304. The molecule has 0 aliphatic carbocycles. The van der Waals surface area contributed by atoms with Gasteiger partial charge in [0.2, 0.25) is 0 Å². The number of thiazole rings is 1. The molecule has 3 atom stereocenters. The van der Waals surface area contributed by atoms with E-state index in [-0.39, 0.29) is 28.0 Å². The number of nitrogens with one attached hydrogen (secondary N) is 1. The number of carbonyl (C=O) groups is 3. The van der Waals surface area contributed by atoms with Gasteiger partial charge in [-0.05, 0) is 6.08 Å². The minimum atomic E-state index is -1.54. The molecular weight excluding hydrogens is 386 g/mol. The maximum absolute atomic E-state index is 12.5. The van der Waals surface area contributed by atoms with Crippen LogP contribution in [0.1, 0.15) is 5.69 Å². The molecule has 2 aliphatic rings. The summed E-state index contributed by atoms with van der Waals surface area (Å²) in [6, 6.07) is -1.13. The van der Waals surface area contributed by atoms with Crippen LogP contribution in [0.5, 0.6) is 0 Å². The van der Waals surface area contributed by atoms with Gasteiger partial charge in [-0.25, -0.2) is 9.78 Å². The van der Waals surface area contributed by atoms with Crippen molar-refractivity contribution in [3.05, 3.63) is 22.8 Å². The second-order valence-corrected chi connectivity index (χ2v) is 7.65. The van der Waals surface area contributed by atoms with E-state index in [1.165, 1.54) is 18.6 Å². The van der Waals surface area contributed by atoms with Crippen LogP contribution in [0.15, 0.2) is 22.3 Å². The van der Waals surface area contributed by atoms with Crippen molar-refractivity contribution in [2.45, 2.75) is 11.4 Å². The summed E-state index contributed by atoms with van der Waals surface area (Å²) in [7, 11) is -0.309. The van der Waals surface area contributed by atoms with Gasteiger partial charge in [-0.1, -0.05) is 5.16 Å². The molecule has 3 rings (SSSR count). The Morgan fingerprint density at radius 3 is 2.88 bits per heavy atom. The second-order valence-electron chi connectivity index (χ2n) is 5.19. The van der Waals surface area contributed by atoms with Crippen LogP contribution in [-0.2, 0) is 30.0 Å². The molecule has 1 fully saturated rings. The number of fused-ring (bicyclic) bond motifs is 1. The van der Waals surface area contributed by atoms with E-state index in [0.717, 1.165) is 16.2 Å². The summed E-state index contributed by atoms with van der Waals surface area (Å²) in [5.41, 5.74) is 5.25. The molecule has 0 spiro atoms. The topological polar surface area (TPSA) is 164 Å². The van der Waals surface area contributed by atoms with E-state index in [2.05, 4.69) is 20.3 Å². The lowest BCUT2D eigenvalue weighted by atomic mass is 10.0. The standard InChI is InChI=1S/C13H13N5O6S2/c1-24-17-7(5-4-25-13(14)15-5)9(19)16-8-10(20)18-6(12(21)22)2-3-26(23)11(8)18/h2,4,8,11H,3H2,1H3,(H2,14,15)(H,16,19)(H,21,22)/b17-7+/t8-,11-,26?/m1/s1. The molecule has 1 aromatic rings. The van der Waals surface area contributed by atoms with Gasteiger partial charge in [0.15, 0.2) is 10.8 Å². The first-order valence-electron chi connectivity index (χ1n) is 7.12. The van der Waals surface area contributed by atoms with Crippen molar-refractivity contribution < 1.29 is 28.5 Å². The minimum Gasteiger partial charge on any atom is -0.477 e. The average molecular weight is 399 g/mol. The molecule has 11 nitrogen and oxygen atoms in total. The number of carboxylic acids is 1. The van der Waals surface area contributed by atoms with Crippen LogP contribution in [0.25, 0.3) is 0 Å². The van der Waals surface area contributed by atoms with Gasteiger partial charge in [-0.2, -0.15) is 0 Å². The second kappa shape index (κ2) is 6.84. The number of nitrogens with zero attached hydrogens (tertiary/aromatic N) is 3. The van der Waals surface area contributed by atoms with Gasteiger partial charge in [-0.15, -0.1) is 11.3 Å². The number of anilines is 1. The van der Waals surface area contributed by atoms with Crippen LogP contribution in [0.4, 0.5) is 5.13 Å². The van der Waals surface area contributed by atoms with Crippen LogP contribution in [-0.4, -0.2) is 67.0 Å². The van der Waals surface area contributed by atoms with Gasteiger partial charge in [-0.3, -0.25) is 18.7 Å². The van der Waals surface area contributed by atoms with Gasteiger partial charge >= 0.3 is 5.97 Å². The zero-order valence-corrected chi connectivity index (χ0v) is 14.9. The van der Waals surface area contributed by atoms with E-state index in [1.54, 1.807) is 0 Å². The van der Waals surface area contributed by atoms with E-state index in [1.807, 2.05) is 0 Å². The Labute approximate surface area is 153 Å². The monoisotopic (exact) mass is 399 g/mol. The Morgan fingerprint density at radius 1 is 1.58 bits per heavy atom. The largest absolute Gasteiger partial charge is 0.477 e. The number of oxime groups is 1. The lowest BCUT2D eigenvalue weighted by molar-refractivity contribution is -0.150. The van der Waals surface area contributed by atoms with Crippen LogP contribution in [0.3, 0.4) is 0 Å². The normalized spacial score (nSPS) is 25.0. The summed E-state index contributed by atoms with van der Waals surface area (Å²) < 4.78 is 12.2. The lowest BCUT2D eigenvalue weighted by Gasteiger charge is -2.47. The first kappa shape index (κ1) is 18.0. The number of rotatable bonds is 5. The Kier molecular flexibility index (Phi) is 4.73. The van der Waals surface area contributed by atoms with E-state index in [0.29, 0.717) is 0 Å². The number of hydrogen-bond donors (Lipinski definition) is 3. The van der Waals surface area contributed by atoms with Gasteiger partial charge in [0.25, 0.3) is 11.8 Å². The highest BCUT2D eigenvalue weighted by Crippen LogP contribution is 2.31. The lowest BCUT2D eigenvalue weighted by Crippen LogP contribution is -2.73. The van der Waals surface area contributed by atoms with Crippen molar-refractivity contribution in [2.75, 3.05) is 18.6 Å². The Bertz CT molecular complexity index is 878. The summed E-state index contributed by atoms with van der Waals surface area (Å²) in [5.74, 6) is -2.77. The van der Waals surface area contributed by atoms with Gasteiger partial charge in [0, 0.05) is 11.1 Å². The number of carbonyl (C=O) groups excluding carboxylic acids is 2. The minimum absolute atomic E-state index is 0.0237. The van der Waals surface area contributed by atoms with E-state index >= 15 is 0 Å². The number of hydrogen-bond acceptors (Lipinski definition) is 9. The predicted molar refractivity (Wildman–Crippen MR) is 91.4 cm³/mol. The Morgan fingerprint density at radius 2 is 2.31 bits per heavy atom. The number of aromatic nitrogens is 1. The molecule has 2 aliphatic heterocycles. The maximum Gasteiger partial charge on any atom is 0.352 e. The van der Waals surface area contributed by atoms with E-state index in [9.17, 15) is 18.6 Å². The molecule has 0 radical (unpaired) electrons. The van der Waals surface area contributed by atoms with Crippen LogP contribution < -0.4 is 11.1 Å². The molecule has 138 valence electrons. The van der Waals surface area contributed by atoms with Crippen LogP contribution >= 0.6 is 11.3 Å². The first-order chi connectivity index (χ1) is 12.3. The van der Waals surface area contributed by atoms with Crippen molar-refractivity contribution in [1.29, 1.82) is 0 Å². The fraction of sp³-hybridized carbons (Fsp3) is 0.308. The molecule has 0 bridgehead atoms. The number of carboxylic acid groups (broad SMARTS) is 1. The molecule has 0 saturated carbocycles. The predicted octanol–water partition coefficient (Wildman–Crippen LogP) is -1.54. The zero-order valence-electron chi connectivity index (χ0n) is 13.2. The summed E-state index contributed by atoms with van der Waals surface area (Å²) in [6.07, 6.45) is 1.22. The van der Waals surface area contributed by atoms with E-state index < -0.39 is 40.0 Å². The molecule has 1 unspecified atom stereocenters. The van der Waals surface area contributed by atoms with Crippen molar-refractivity contribution in [2.24, 2.45) is 5.16 Å². The fourth-order valence-corrected chi connectivity index (χ4v) is 4.58. The third kappa shape index (κ3) is 2.94. The third-order valence-electron chi connectivity index (χ3n) is 3.68. The van der Waals surface area contributed by atoms with E-state index in [4.69, 9.17) is 10.8 Å². The van der Waals surface area contributed by atoms with Gasteiger partial charge in [0.1, 0.15) is 29.9 Å². The Balaban J connectivity index is 1.81. The van der Waals surface area contributed by atoms with Gasteiger partial charge in [0.05, 0.1) is 10.8 Å². The van der Waals surface area contributed by atoms with Crippen molar-refractivity contribution in [3.63, 3.8) is 0 Å². The molecule has 1 saturated heterocycles. The number of β-lactam (4-membered cyclic amide) rings is 1. The molecule has 3 heterocycles. The highest BCUT2D eigenvalue weighted by Gasteiger charge is 2.55. The van der Waals surface area contributed by atoms with Crippen molar-refractivity contribution >= 4 is 50.8 Å². The highest BCUT2D eigenvalue weighted by atomic mass is 32.2. The number of aliphatic carboxylic acids is 1. The zero-order chi connectivity index (χ0) is 19.0. The summed E-state index contributed by atoms with van der Waals surface area (Å²) in [4.78, 5) is 45.5. The molecule has 26 heavy (non-hydrogen) atoms. The number of nitrogen functional groups attached to an aromatic ring is 1. The smallest absolute Gasteiger partial charge is 0.352 e. The molecule has 2 amide bonds. The van der Waals surface area contributed by atoms with Crippen LogP contribution in [0.2, 0.25) is 0 Å². The first-order valence-corrected chi connectivity index (χ1v) is 9.38. The van der Waals surface area contributed by atoms with Crippen LogP contribution in [0, 0.1) is 0 Å². The number of amides is 2. The average Bonchev–Trinajstić information content (AvgIpc) is 3.02. The molecule has 4 N–H and O–H groups in total. The van der Waals surface area contributed by atoms with Gasteiger partial charge < -0.3 is 21.0 Å². The highest BCUT2D eigenvalue weighted by molar-refractivity contribution is 7.86. The summed E-state index contributed by atoms with van der Waals surface area (Å²) >= 11 is 1.09. The molecular formula is C13H13N5O6S2. The Hall–Kier alpha value is -2.80. The third-order valence-corrected chi connectivity index (χ3v) is 5.87. The molecule has 1 aromatic heterocycles. The SMILES string of the molecule is CO/N=C(/C(=O)N[C@@H]1C(=O)N2C(C(=O)O)=CCS(=O)[C@H]12)c1csc(N)n1. The van der Waals surface area contributed by atoms with Crippen molar-refractivity contribution in [1.82, 2.24) is 15.2 Å².